The second-order valence-electron chi connectivity index (χ2n) is 9.05. The minimum Gasteiger partial charge on any atom is -0.457 e. The van der Waals surface area contributed by atoms with E-state index in [9.17, 15) is 21.6 Å². The maximum absolute atomic E-state index is 13.6. The third-order valence-electron chi connectivity index (χ3n) is 6.43. The molecule has 1 amide bonds. The average Bonchev–Trinajstić information content (AvgIpc) is 2.99. The van der Waals surface area contributed by atoms with E-state index in [2.05, 4.69) is 5.32 Å². The molecule has 0 aliphatic carbocycles. The predicted molar refractivity (Wildman–Crippen MR) is 151 cm³/mol. The fourth-order valence-electron chi connectivity index (χ4n) is 4.39. The van der Waals surface area contributed by atoms with E-state index in [4.69, 9.17) is 4.74 Å². The molecule has 0 spiro atoms. The Morgan fingerprint density at radius 3 is 1.73 bits per heavy atom. The van der Waals surface area contributed by atoms with Crippen molar-refractivity contribution in [3.8, 4) is 11.5 Å². The van der Waals surface area contributed by atoms with Crippen LogP contribution in [0.25, 0.3) is 0 Å². The summed E-state index contributed by atoms with van der Waals surface area (Å²) in [6.07, 6.45) is 0. The lowest BCUT2D eigenvalue weighted by atomic mass is 10.2. The van der Waals surface area contributed by atoms with Crippen LogP contribution in [0, 0.1) is 0 Å². The molecule has 1 aliphatic rings. The first kappa shape index (κ1) is 27.5. The molecule has 5 rings (SSSR count). The minimum atomic E-state index is -4.09. The van der Waals surface area contributed by atoms with Crippen LogP contribution in [0.4, 0.5) is 5.69 Å². The van der Waals surface area contributed by atoms with Crippen LogP contribution in [0.5, 0.6) is 11.5 Å². The SMILES string of the molecule is O=C(Nc1ccc(Oc2ccccc2)cc1)[C@@H]1CN(S(=O)(=O)c2ccccc2)CCN1S(=O)(=O)c1ccccc1. The van der Waals surface area contributed by atoms with Gasteiger partial charge in [-0.2, -0.15) is 8.61 Å². The van der Waals surface area contributed by atoms with E-state index in [1.54, 1.807) is 60.7 Å². The van der Waals surface area contributed by atoms with Crippen LogP contribution in [0.3, 0.4) is 0 Å². The number of sulfonamides is 2. The van der Waals surface area contributed by atoms with E-state index in [1.807, 2.05) is 30.3 Å². The third kappa shape index (κ3) is 5.92. The topological polar surface area (TPSA) is 113 Å². The first-order valence-electron chi connectivity index (χ1n) is 12.5. The van der Waals surface area contributed by atoms with Crippen molar-refractivity contribution in [1.82, 2.24) is 8.61 Å². The van der Waals surface area contributed by atoms with Crippen LogP contribution < -0.4 is 10.1 Å². The number of piperazine rings is 1. The molecule has 0 radical (unpaired) electrons. The van der Waals surface area contributed by atoms with Gasteiger partial charge < -0.3 is 10.1 Å². The van der Waals surface area contributed by atoms with Gasteiger partial charge in [0.1, 0.15) is 17.5 Å². The minimum absolute atomic E-state index is 0.0228. The van der Waals surface area contributed by atoms with Crippen molar-refractivity contribution in [3.63, 3.8) is 0 Å². The highest BCUT2D eigenvalue weighted by atomic mass is 32.2. The second-order valence-corrected chi connectivity index (χ2v) is 12.9. The highest BCUT2D eigenvalue weighted by Gasteiger charge is 2.43. The van der Waals surface area contributed by atoms with Crippen LogP contribution in [0.1, 0.15) is 0 Å². The van der Waals surface area contributed by atoms with Gasteiger partial charge in [0.25, 0.3) is 0 Å². The van der Waals surface area contributed by atoms with Crippen LogP contribution in [-0.2, 0) is 24.8 Å². The van der Waals surface area contributed by atoms with E-state index >= 15 is 0 Å². The lowest BCUT2D eigenvalue weighted by Crippen LogP contribution is -2.60. The number of carbonyl (C=O) groups is 1. The number of nitrogens with one attached hydrogen (secondary N) is 1. The summed E-state index contributed by atoms with van der Waals surface area (Å²) in [6, 6.07) is 30.2. The number of carbonyl (C=O) groups excluding carboxylic acids is 1. The molecule has 1 atom stereocenters. The van der Waals surface area contributed by atoms with Gasteiger partial charge in [0, 0.05) is 25.3 Å². The van der Waals surface area contributed by atoms with Gasteiger partial charge >= 0.3 is 0 Å². The highest BCUT2D eigenvalue weighted by molar-refractivity contribution is 7.89. The lowest BCUT2D eigenvalue weighted by molar-refractivity contribution is -0.120. The zero-order valence-corrected chi connectivity index (χ0v) is 23.0. The Kier molecular flexibility index (Phi) is 7.99. The molecule has 206 valence electrons. The summed E-state index contributed by atoms with van der Waals surface area (Å²) in [5.74, 6) is 0.558. The maximum Gasteiger partial charge on any atom is 0.244 e. The largest absolute Gasteiger partial charge is 0.457 e. The molecule has 4 aromatic rings. The number of hydrogen-bond acceptors (Lipinski definition) is 6. The van der Waals surface area contributed by atoms with Crippen LogP contribution in [0.15, 0.2) is 125 Å². The summed E-state index contributed by atoms with van der Waals surface area (Å²) < 4.78 is 61.8. The smallest absolute Gasteiger partial charge is 0.244 e. The van der Waals surface area contributed by atoms with Crippen LogP contribution in [-0.4, -0.2) is 57.0 Å². The van der Waals surface area contributed by atoms with Crippen LogP contribution >= 0.6 is 0 Å². The van der Waals surface area contributed by atoms with Gasteiger partial charge in [0.05, 0.1) is 9.79 Å². The van der Waals surface area contributed by atoms with Crippen molar-refractivity contribution in [2.24, 2.45) is 0 Å². The van der Waals surface area contributed by atoms with Gasteiger partial charge in [-0.15, -0.1) is 0 Å². The molecule has 0 aromatic heterocycles. The molecule has 4 aromatic carbocycles. The van der Waals surface area contributed by atoms with Crippen molar-refractivity contribution < 1.29 is 26.4 Å². The molecule has 1 heterocycles. The number of ether oxygens (including phenoxy) is 1. The Hall–Kier alpha value is -4.03. The summed E-state index contributed by atoms with van der Waals surface area (Å²) in [5.41, 5.74) is 0.408. The molecule has 1 aliphatic heterocycles. The Labute approximate surface area is 233 Å². The molecular weight excluding hydrogens is 550 g/mol. The molecule has 0 saturated carbocycles. The van der Waals surface area contributed by atoms with E-state index in [0.29, 0.717) is 17.2 Å². The Morgan fingerprint density at radius 1 is 0.650 bits per heavy atom. The highest BCUT2D eigenvalue weighted by Crippen LogP contribution is 2.27. The van der Waals surface area contributed by atoms with Crippen molar-refractivity contribution in [2.75, 3.05) is 25.0 Å². The van der Waals surface area contributed by atoms with Gasteiger partial charge in [-0.25, -0.2) is 16.8 Å². The summed E-state index contributed by atoms with van der Waals surface area (Å²) in [5, 5.41) is 2.75. The zero-order valence-electron chi connectivity index (χ0n) is 21.3. The van der Waals surface area contributed by atoms with Gasteiger partial charge in [-0.1, -0.05) is 54.6 Å². The Bertz CT molecular complexity index is 1670. The van der Waals surface area contributed by atoms with E-state index in [-0.39, 0.29) is 29.4 Å². The van der Waals surface area contributed by atoms with Crippen LogP contribution in [0.2, 0.25) is 0 Å². The first-order valence-corrected chi connectivity index (χ1v) is 15.4. The molecular formula is C29H27N3O6S2. The number of para-hydroxylation sites is 1. The molecule has 0 bridgehead atoms. The van der Waals surface area contributed by atoms with Crippen molar-refractivity contribution in [1.29, 1.82) is 0 Å². The number of amides is 1. The van der Waals surface area contributed by atoms with E-state index < -0.39 is 32.0 Å². The number of anilines is 1. The fourth-order valence-corrected chi connectivity index (χ4v) is 7.44. The maximum atomic E-state index is 13.6. The molecule has 1 fully saturated rings. The van der Waals surface area contributed by atoms with Crippen molar-refractivity contribution in [2.45, 2.75) is 15.8 Å². The standard InChI is InChI=1S/C29H27N3O6S2/c33-29(30-23-16-18-25(19-17-23)38-24-10-4-1-5-11-24)28-22-31(39(34,35)26-12-6-2-7-13-26)20-21-32(28)40(36,37)27-14-8-3-9-15-27/h1-19,28H,20-22H2,(H,30,33)/t28-/m0/s1. The molecule has 1 saturated heterocycles. The Balaban J connectivity index is 1.40. The molecule has 40 heavy (non-hydrogen) atoms. The normalized spacial score (nSPS) is 16.8. The summed E-state index contributed by atoms with van der Waals surface area (Å²) >= 11 is 0. The fraction of sp³-hybridized carbons (Fsp3) is 0.138. The van der Waals surface area contributed by atoms with E-state index in [0.717, 1.165) is 8.61 Å². The van der Waals surface area contributed by atoms with Gasteiger partial charge in [0.2, 0.25) is 26.0 Å². The van der Waals surface area contributed by atoms with Gasteiger partial charge in [-0.05, 0) is 60.7 Å². The van der Waals surface area contributed by atoms with Gasteiger partial charge in [-0.3, -0.25) is 4.79 Å². The molecule has 0 unspecified atom stereocenters. The number of hydrogen-bond donors (Lipinski definition) is 1. The predicted octanol–water partition coefficient (Wildman–Crippen LogP) is 4.18. The summed E-state index contributed by atoms with van der Waals surface area (Å²) in [4.78, 5) is 13.7. The lowest BCUT2D eigenvalue weighted by Gasteiger charge is -2.38. The summed E-state index contributed by atoms with van der Waals surface area (Å²) in [7, 11) is -8.05. The number of rotatable bonds is 8. The molecule has 9 nitrogen and oxygen atoms in total. The van der Waals surface area contributed by atoms with Crippen molar-refractivity contribution >= 4 is 31.6 Å². The molecule has 1 N–H and O–H groups in total. The van der Waals surface area contributed by atoms with Crippen molar-refractivity contribution in [3.05, 3.63) is 115 Å². The summed E-state index contributed by atoms with van der Waals surface area (Å²) in [6.45, 7) is -0.631. The third-order valence-corrected chi connectivity index (χ3v) is 10.2. The monoisotopic (exact) mass is 577 g/mol. The zero-order chi connectivity index (χ0) is 28.2. The number of benzene rings is 4. The quantitative estimate of drug-likeness (QED) is 0.336. The van der Waals surface area contributed by atoms with E-state index in [1.165, 1.54) is 24.3 Å². The number of nitrogens with zero attached hydrogens (tertiary/aromatic N) is 2. The molecule has 11 heteroatoms. The van der Waals surface area contributed by atoms with Gasteiger partial charge in [0.15, 0.2) is 0 Å². The average molecular weight is 578 g/mol. The Morgan fingerprint density at radius 2 is 1.15 bits per heavy atom. The second kappa shape index (κ2) is 11.6. The first-order chi connectivity index (χ1) is 19.2.